The van der Waals surface area contributed by atoms with Crippen molar-refractivity contribution in [1.29, 1.82) is 0 Å². The molecule has 9 aromatic carbocycles. The number of fused-ring (bicyclic) bond motifs is 11. The molecule has 0 nitrogen and oxygen atoms in total. The molecule has 238 valence electrons. The van der Waals surface area contributed by atoms with Gasteiger partial charge in [0.2, 0.25) is 0 Å². The van der Waals surface area contributed by atoms with Crippen LogP contribution in [-0.4, -0.2) is 0 Å². The van der Waals surface area contributed by atoms with Crippen molar-refractivity contribution in [2.75, 3.05) is 0 Å². The van der Waals surface area contributed by atoms with E-state index in [1.165, 1.54) is 105 Å². The molecule has 0 fully saturated rings. The second kappa shape index (κ2) is 11.6. The van der Waals surface area contributed by atoms with Gasteiger partial charge in [0.05, 0.1) is 0 Å². The highest BCUT2D eigenvalue weighted by molar-refractivity contribution is 8.05. The highest BCUT2D eigenvalue weighted by atomic mass is 32.2. The minimum atomic E-state index is 1.22. The van der Waals surface area contributed by atoms with E-state index in [2.05, 4.69) is 170 Å². The summed E-state index contributed by atoms with van der Waals surface area (Å²) in [7, 11) is 0. The molecule has 0 amide bonds. The van der Waals surface area contributed by atoms with Crippen LogP contribution in [-0.2, 0) is 0 Å². The molecule has 1 aliphatic heterocycles. The van der Waals surface area contributed by atoms with Crippen LogP contribution in [0.3, 0.4) is 0 Å². The number of benzene rings is 9. The summed E-state index contributed by atoms with van der Waals surface area (Å²) in [5.74, 6) is 0. The Morgan fingerprint density at radius 3 is 1.33 bits per heavy atom. The topological polar surface area (TPSA) is 0 Å². The van der Waals surface area contributed by atoms with Crippen LogP contribution in [0.2, 0.25) is 0 Å². The van der Waals surface area contributed by atoms with Crippen molar-refractivity contribution in [1.82, 2.24) is 0 Å². The summed E-state index contributed by atoms with van der Waals surface area (Å²) in [6.45, 7) is 0. The van der Waals surface area contributed by atoms with Crippen LogP contribution in [0.25, 0.3) is 85.9 Å². The normalized spacial score (nSPS) is 12.5. The zero-order valence-electron chi connectivity index (χ0n) is 27.4. The third kappa shape index (κ3) is 4.84. The summed E-state index contributed by atoms with van der Waals surface area (Å²) in [6.07, 6.45) is 0. The van der Waals surface area contributed by atoms with E-state index < -0.39 is 0 Å². The molecule has 0 saturated carbocycles. The highest BCUT2D eigenvalue weighted by Gasteiger charge is 2.18. The lowest BCUT2D eigenvalue weighted by molar-refractivity contribution is 1.16. The summed E-state index contributed by atoms with van der Waals surface area (Å²) in [6, 6.07) is 63.4. The SMILES string of the molecule is c1ccc2c(c1)Sc1ccc(-c3cc(-c4ccc5sc6ccccc6c5c4)cc(-c4ccc5c6ccccc6c6ccccc6c5c4)c3)cc1S2. The molecule has 3 heteroatoms. The van der Waals surface area contributed by atoms with Gasteiger partial charge in [0, 0.05) is 39.8 Å². The molecule has 0 unspecified atom stereocenters. The molecule has 10 aromatic rings. The van der Waals surface area contributed by atoms with E-state index >= 15 is 0 Å². The van der Waals surface area contributed by atoms with Crippen molar-refractivity contribution in [2.24, 2.45) is 0 Å². The molecule has 0 saturated heterocycles. The minimum Gasteiger partial charge on any atom is -0.135 e. The van der Waals surface area contributed by atoms with E-state index in [9.17, 15) is 0 Å². The average molecular weight is 701 g/mol. The summed E-state index contributed by atoms with van der Waals surface area (Å²) in [5, 5.41) is 10.4. The summed E-state index contributed by atoms with van der Waals surface area (Å²) >= 11 is 5.62. The van der Waals surface area contributed by atoms with Gasteiger partial charge in [-0.15, -0.1) is 11.3 Å². The Hall–Kier alpha value is -5.32. The maximum atomic E-state index is 2.42. The Morgan fingerprint density at radius 2 is 0.667 bits per heavy atom. The maximum Gasteiger partial charge on any atom is 0.0355 e. The minimum absolute atomic E-state index is 1.22. The number of hydrogen-bond donors (Lipinski definition) is 0. The third-order valence-electron chi connectivity index (χ3n) is 10.3. The fourth-order valence-electron chi connectivity index (χ4n) is 7.83. The first-order valence-electron chi connectivity index (χ1n) is 17.2. The maximum absolute atomic E-state index is 2.42. The Balaban J connectivity index is 1.12. The number of hydrogen-bond acceptors (Lipinski definition) is 3. The van der Waals surface area contributed by atoms with Crippen molar-refractivity contribution >= 4 is 87.4 Å². The van der Waals surface area contributed by atoms with Crippen LogP contribution < -0.4 is 0 Å². The molecule has 0 bridgehead atoms. The zero-order valence-corrected chi connectivity index (χ0v) is 29.8. The van der Waals surface area contributed by atoms with Gasteiger partial charge in [-0.05, 0) is 132 Å². The Morgan fingerprint density at radius 1 is 0.235 bits per heavy atom. The van der Waals surface area contributed by atoms with Crippen LogP contribution in [0, 0.1) is 0 Å². The van der Waals surface area contributed by atoms with Crippen LogP contribution in [0.4, 0.5) is 0 Å². The van der Waals surface area contributed by atoms with Gasteiger partial charge < -0.3 is 0 Å². The molecule has 0 aliphatic carbocycles. The molecular formula is C48H28S3. The second-order valence-corrected chi connectivity index (χ2v) is 16.5. The van der Waals surface area contributed by atoms with E-state index in [1.54, 1.807) is 0 Å². The molecule has 11 rings (SSSR count). The van der Waals surface area contributed by atoms with Gasteiger partial charge in [-0.1, -0.05) is 127 Å². The Labute approximate surface area is 308 Å². The van der Waals surface area contributed by atoms with Gasteiger partial charge in [-0.2, -0.15) is 0 Å². The predicted molar refractivity (Wildman–Crippen MR) is 223 cm³/mol. The van der Waals surface area contributed by atoms with Crippen LogP contribution in [0.15, 0.2) is 189 Å². The largest absolute Gasteiger partial charge is 0.135 e. The second-order valence-electron chi connectivity index (χ2n) is 13.3. The quantitative estimate of drug-likeness (QED) is 0.168. The summed E-state index contributed by atoms with van der Waals surface area (Å²) in [4.78, 5) is 5.30. The van der Waals surface area contributed by atoms with Crippen molar-refractivity contribution in [2.45, 2.75) is 19.6 Å². The van der Waals surface area contributed by atoms with E-state index in [0.29, 0.717) is 0 Å². The summed E-state index contributed by atoms with van der Waals surface area (Å²) < 4.78 is 2.66. The van der Waals surface area contributed by atoms with Crippen LogP contribution >= 0.6 is 34.9 Å². The van der Waals surface area contributed by atoms with Gasteiger partial charge in [-0.25, -0.2) is 0 Å². The van der Waals surface area contributed by atoms with Gasteiger partial charge >= 0.3 is 0 Å². The molecule has 0 atom stereocenters. The predicted octanol–water partition coefficient (Wildman–Crippen LogP) is 15.1. The van der Waals surface area contributed by atoms with Crippen molar-refractivity contribution in [3.63, 3.8) is 0 Å². The molecule has 0 spiro atoms. The molecule has 0 radical (unpaired) electrons. The van der Waals surface area contributed by atoms with Gasteiger partial charge in [0.15, 0.2) is 0 Å². The van der Waals surface area contributed by atoms with E-state index in [1.807, 2.05) is 34.9 Å². The van der Waals surface area contributed by atoms with Gasteiger partial charge in [0.1, 0.15) is 0 Å². The van der Waals surface area contributed by atoms with Crippen LogP contribution in [0.5, 0.6) is 0 Å². The molecule has 51 heavy (non-hydrogen) atoms. The Kier molecular flexibility index (Phi) is 6.70. The van der Waals surface area contributed by atoms with E-state index in [0.717, 1.165) is 0 Å². The third-order valence-corrected chi connectivity index (χ3v) is 14.0. The average Bonchev–Trinajstić information content (AvgIpc) is 3.57. The fourth-order valence-corrected chi connectivity index (χ4v) is 11.2. The first-order valence-corrected chi connectivity index (χ1v) is 19.7. The number of rotatable bonds is 3. The first-order chi connectivity index (χ1) is 25.2. The first kappa shape index (κ1) is 29.4. The van der Waals surface area contributed by atoms with Crippen molar-refractivity contribution in [3.05, 3.63) is 170 Å². The lowest BCUT2D eigenvalue weighted by Crippen LogP contribution is -1.91. The van der Waals surface area contributed by atoms with Crippen molar-refractivity contribution in [3.8, 4) is 33.4 Å². The fraction of sp³-hybridized carbons (Fsp3) is 0. The lowest BCUT2D eigenvalue weighted by atomic mass is 9.90. The number of thiophene rings is 1. The Bertz CT molecular complexity index is 3000. The monoisotopic (exact) mass is 700 g/mol. The standard InChI is InChI=1S/C48H28S3/c1-2-11-37-35(9-1)36-10-3-4-12-38(36)41-26-29(17-20-39(37)41)32-23-33(30-18-21-44-42(27-30)40-13-5-6-14-43(40)49-44)25-34(24-32)31-19-22-47-48(28-31)51-46-16-8-7-15-45(46)50-47/h1-28H. The molecular weight excluding hydrogens is 673 g/mol. The molecule has 1 aromatic heterocycles. The van der Waals surface area contributed by atoms with E-state index in [-0.39, 0.29) is 0 Å². The lowest BCUT2D eigenvalue weighted by Gasteiger charge is -2.19. The van der Waals surface area contributed by atoms with Gasteiger partial charge in [-0.3, -0.25) is 0 Å². The van der Waals surface area contributed by atoms with Gasteiger partial charge in [0.25, 0.3) is 0 Å². The molecule has 0 N–H and O–H groups in total. The summed E-state index contributed by atoms with van der Waals surface area (Å²) in [5.41, 5.74) is 7.39. The zero-order chi connectivity index (χ0) is 33.5. The van der Waals surface area contributed by atoms with Crippen molar-refractivity contribution < 1.29 is 0 Å². The molecule has 1 aliphatic rings. The smallest absolute Gasteiger partial charge is 0.0355 e. The van der Waals surface area contributed by atoms with Crippen LogP contribution in [0.1, 0.15) is 0 Å². The van der Waals surface area contributed by atoms with E-state index in [4.69, 9.17) is 0 Å². The highest BCUT2D eigenvalue weighted by Crippen LogP contribution is 2.50. The molecule has 2 heterocycles.